The van der Waals surface area contributed by atoms with Gasteiger partial charge in [-0.15, -0.1) is 0 Å². The molecule has 3 heteroatoms. The Bertz CT molecular complexity index is 377. The fraction of sp³-hybridized carbons (Fsp3) is 0.538. The van der Waals surface area contributed by atoms with Gasteiger partial charge in [0.05, 0.1) is 5.56 Å². The Morgan fingerprint density at radius 1 is 1.56 bits per heavy atom. The maximum Gasteiger partial charge on any atom is 0.128 e. The molecule has 1 atom stereocenters. The Morgan fingerprint density at radius 3 is 3.06 bits per heavy atom. The lowest BCUT2D eigenvalue weighted by molar-refractivity contribution is 0.403. The van der Waals surface area contributed by atoms with Gasteiger partial charge in [-0.3, -0.25) is 0 Å². The molecule has 0 amide bonds. The third kappa shape index (κ3) is 2.33. The van der Waals surface area contributed by atoms with Crippen molar-refractivity contribution < 1.29 is 0 Å². The first-order valence-electron chi connectivity index (χ1n) is 5.94. The van der Waals surface area contributed by atoms with Crippen LogP contribution in [0.3, 0.4) is 0 Å². The first-order chi connectivity index (χ1) is 7.83. The largest absolute Gasteiger partial charge is 0.356 e. The summed E-state index contributed by atoms with van der Waals surface area (Å²) in [5.41, 5.74) is 0.632. The van der Waals surface area contributed by atoms with Crippen molar-refractivity contribution in [2.24, 2.45) is 5.92 Å². The fourth-order valence-electron chi connectivity index (χ4n) is 2.25. The number of aromatic nitrogens is 1. The van der Waals surface area contributed by atoms with Crippen LogP contribution in [0.5, 0.6) is 0 Å². The Labute approximate surface area is 96.7 Å². The second kappa shape index (κ2) is 4.98. The van der Waals surface area contributed by atoms with Crippen LogP contribution in [0.15, 0.2) is 18.3 Å². The van der Waals surface area contributed by atoms with Crippen LogP contribution in [0.1, 0.15) is 31.7 Å². The van der Waals surface area contributed by atoms with Crippen LogP contribution in [0.25, 0.3) is 0 Å². The summed E-state index contributed by atoms with van der Waals surface area (Å²) in [5, 5.41) is 8.72. The van der Waals surface area contributed by atoms with E-state index in [1.807, 2.05) is 12.1 Å². The predicted octanol–water partition coefficient (Wildman–Crippen LogP) is 2.58. The average Bonchev–Trinajstić information content (AvgIpc) is 2.39. The molecule has 1 aliphatic heterocycles. The molecule has 0 N–H and O–H groups in total. The summed E-state index contributed by atoms with van der Waals surface area (Å²) >= 11 is 0. The number of rotatable bonds is 2. The average molecular weight is 215 g/mol. The van der Waals surface area contributed by atoms with Gasteiger partial charge in [0.2, 0.25) is 0 Å². The van der Waals surface area contributed by atoms with Gasteiger partial charge in [0, 0.05) is 19.3 Å². The van der Waals surface area contributed by atoms with Gasteiger partial charge in [-0.1, -0.05) is 13.3 Å². The molecular formula is C13H17N3. The molecule has 1 aliphatic rings. The zero-order valence-electron chi connectivity index (χ0n) is 9.69. The summed E-state index contributed by atoms with van der Waals surface area (Å²) < 4.78 is 0. The van der Waals surface area contributed by atoms with Crippen molar-refractivity contribution in [1.82, 2.24) is 4.98 Å². The minimum absolute atomic E-state index is 0.632. The number of nitrogens with zero attached hydrogens (tertiary/aromatic N) is 3. The SMILES string of the molecule is CCC1CCCN(c2ccc(C#N)cn2)C1. The molecule has 2 heterocycles. The number of piperidine rings is 1. The van der Waals surface area contributed by atoms with E-state index in [1.165, 1.54) is 19.3 Å². The molecule has 0 saturated carbocycles. The van der Waals surface area contributed by atoms with Gasteiger partial charge in [-0.25, -0.2) is 4.98 Å². The Hall–Kier alpha value is -1.56. The maximum absolute atomic E-state index is 8.72. The summed E-state index contributed by atoms with van der Waals surface area (Å²) in [4.78, 5) is 6.68. The number of hydrogen-bond donors (Lipinski definition) is 0. The molecule has 16 heavy (non-hydrogen) atoms. The highest BCUT2D eigenvalue weighted by Crippen LogP contribution is 2.23. The summed E-state index contributed by atoms with van der Waals surface area (Å²) in [6.45, 7) is 4.45. The lowest BCUT2D eigenvalue weighted by Crippen LogP contribution is -2.35. The van der Waals surface area contributed by atoms with Gasteiger partial charge in [-0.2, -0.15) is 5.26 Å². The van der Waals surface area contributed by atoms with E-state index in [0.717, 1.165) is 24.8 Å². The molecule has 0 aliphatic carbocycles. The summed E-state index contributed by atoms with van der Waals surface area (Å²) in [5.74, 6) is 1.81. The van der Waals surface area contributed by atoms with Crippen LogP contribution >= 0.6 is 0 Å². The summed E-state index contributed by atoms with van der Waals surface area (Å²) in [6.07, 6.45) is 5.49. The van der Waals surface area contributed by atoms with Crippen molar-refractivity contribution in [3.63, 3.8) is 0 Å². The topological polar surface area (TPSA) is 39.9 Å². The molecule has 0 aromatic carbocycles. The summed E-state index contributed by atoms with van der Waals surface area (Å²) in [7, 11) is 0. The molecule has 2 rings (SSSR count). The van der Waals surface area contributed by atoms with E-state index in [-0.39, 0.29) is 0 Å². The Kier molecular flexibility index (Phi) is 3.40. The zero-order valence-corrected chi connectivity index (χ0v) is 9.69. The van der Waals surface area contributed by atoms with E-state index in [2.05, 4.69) is 22.9 Å². The predicted molar refractivity (Wildman–Crippen MR) is 64.2 cm³/mol. The first kappa shape index (κ1) is 10.9. The minimum atomic E-state index is 0.632. The normalized spacial score (nSPS) is 20.5. The van der Waals surface area contributed by atoms with Crippen molar-refractivity contribution in [3.8, 4) is 6.07 Å². The highest BCUT2D eigenvalue weighted by molar-refractivity contribution is 5.42. The molecule has 1 saturated heterocycles. The van der Waals surface area contributed by atoms with Gasteiger partial charge in [0.25, 0.3) is 0 Å². The van der Waals surface area contributed by atoms with E-state index in [9.17, 15) is 0 Å². The first-order valence-corrected chi connectivity index (χ1v) is 5.94. The Morgan fingerprint density at radius 2 is 2.44 bits per heavy atom. The summed E-state index contributed by atoms with van der Waals surface area (Å²) in [6, 6.07) is 5.90. The van der Waals surface area contributed by atoms with E-state index in [1.54, 1.807) is 6.20 Å². The van der Waals surface area contributed by atoms with Crippen LogP contribution in [0, 0.1) is 17.2 Å². The Balaban J connectivity index is 2.08. The maximum atomic E-state index is 8.72. The molecule has 84 valence electrons. The number of pyridine rings is 1. The molecule has 1 aromatic heterocycles. The molecular weight excluding hydrogens is 198 g/mol. The van der Waals surface area contributed by atoms with Crippen molar-refractivity contribution in [2.45, 2.75) is 26.2 Å². The third-order valence-corrected chi connectivity index (χ3v) is 3.30. The van der Waals surface area contributed by atoms with Gasteiger partial charge in [-0.05, 0) is 30.9 Å². The quantitative estimate of drug-likeness (QED) is 0.761. The van der Waals surface area contributed by atoms with E-state index < -0.39 is 0 Å². The number of hydrogen-bond acceptors (Lipinski definition) is 3. The smallest absolute Gasteiger partial charge is 0.128 e. The molecule has 1 fully saturated rings. The van der Waals surface area contributed by atoms with Gasteiger partial charge in [0.15, 0.2) is 0 Å². The van der Waals surface area contributed by atoms with Crippen LogP contribution in [0.2, 0.25) is 0 Å². The van der Waals surface area contributed by atoms with Crippen LogP contribution in [-0.4, -0.2) is 18.1 Å². The van der Waals surface area contributed by atoms with Crippen molar-refractivity contribution >= 4 is 5.82 Å². The van der Waals surface area contributed by atoms with E-state index >= 15 is 0 Å². The monoisotopic (exact) mass is 215 g/mol. The van der Waals surface area contributed by atoms with E-state index in [0.29, 0.717) is 5.56 Å². The van der Waals surface area contributed by atoms with E-state index in [4.69, 9.17) is 5.26 Å². The van der Waals surface area contributed by atoms with Gasteiger partial charge < -0.3 is 4.90 Å². The zero-order chi connectivity index (χ0) is 11.4. The van der Waals surface area contributed by atoms with Crippen LogP contribution in [-0.2, 0) is 0 Å². The fourth-order valence-corrected chi connectivity index (χ4v) is 2.25. The highest BCUT2D eigenvalue weighted by Gasteiger charge is 2.19. The minimum Gasteiger partial charge on any atom is -0.356 e. The lowest BCUT2D eigenvalue weighted by atomic mass is 9.96. The lowest BCUT2D eigenvalue weighted by Gasteiger charge is -2.33. The molecule has 1 unspecified atom stereocenters. The second-order valence-electron chi connectivity index (χ2n) is 4.38. The van der Waals surface area contributed by atoms with Gasteiger partial charge >= 0.3 is 0 Å². The molecule has 3 nitrogen and oxygen atoms in total. The number of nitriles is 1. The van der Waals surface area contributed by atoms with Crippen LogP contribution < -0.4 is 4.90 Å². The van der Waals surface area contributed by atoms with Crippen molar-refractivity contribution in [2.75, 3.05) is 18.0 Å². The molecule has 0 spiro atoms. The van der Waals surface area contributed by atoms with Crippen molar-refractivity contribution in [3.05, 3.63) is 23.9 Å². The third-order valence-electron chi connectivity index (χ3n) is 3.30. The van der Waals surface area contributed by atoms with Crippen LogP contribution in [0.4, 0.5) is 5.82 Å². The van der Waals surface area contributed by atoms with Gasteiger partial charge in [0.1, 0.15) is 11.9 Å². The number of anilines is 1. The standard InChI is InChI=1S/C13H17N3/c1-2-11-4-3-7-16(10-11)13-6-5-12(8-14)9-15-13/h5-6,9,11H,2-4,7,10H2,1H3. The molecule has 1 aromatic rings. The highest BCUT2D eigenvalue weighted by atomic mass is 15.2. The second-order valence-corrected chi connectivity index (χ2v) is 4.38. The molecule has 0 bridgehead atoms. The molecule has 0 radical (unpaired) electrons. The van der Waals surface area contributed by atoms with Crippen molar-refractivity contribution in [1.29, 1.82) is 5.26 Å².